The number of ether oxygens (including phenoxy) is 1. The molecule has 2 aromatic rings. The number of nitrogens with zero attached hydrogens (tertiary/aromatic N) is 1. The Morgan fingerprint density at radius 1 is 1.25 bits per heavy atom. The van der Waals surface area contributed by atoms with Crippen molar-refractivity contribution in [1.82, 2.24) is 0 Å². The van der Waals surface area contributed by atoms with E-state index >= 15 is 0 Å². The number of halogens is 2. The summed E-state index contributed by atoms with van der Waals surface area (Å²) in [6.07, 6.45) is 0. The summed E-state index contributed by atoms with van der Waals surface area (Å²) in [5.74, 6) is -0.481. The Balaban J connectivity index is 2.39. The normalized spacial score (nSPS) is 10.2. The van der Waals surface area contributed by atoms with Gasteiger partial charge in [0.15, 0.2) is 0 Å². The molecular weight excluding hydrogens is 281 g/mol. The molecule has 0 aliphatic carbocycles. The van der Waals surface area contributed by atoms with E-state index in [0.29, 0.717) is 16.3 Å². The summed E-state index contributed by atoms with van der Waals surface area (Å²) in [6.45, 7) is 0. The second kappa shape index (κ2) is 5.92. The fourth-order valence-electron chi connectivity index (χ4n) is 1.86. The van der Waals surface area contributed by atoms with Gasteiger partial charge in [0.1, 0.15) is 11.6 Å². The van der Waals surface area contributed by atoms with E-state index in [-0.39, 0.29) is 11.6 Å². The van der Waals surface area contributed by atoms with Crippen molar-refractivity contribution in [2.45, 2.75) is 0 Å². The number of carbonyl (C=O) groups is 1. The second-order valence-corrected chi connectivity index (χ2v) is 4.60. The van der Waals surface area contributed by atoms with Crippen LogP contribution in [0.15, 0.2) is 42.5 Å². The lowest BCUT2D eigenvalue weighted by molar-refractivity contribution is 0.0989. The Morgan fingerprint density at radius 3 is 2.60 bits per heavy atom. The molecule has 0 aliphatic rings. The SMILES string of the molecule is COc1cc(Cl)ccc1C(=O)N(C)c1ccccc1F. The molecule has 0 radical (unpaired) electrons. The van der Waals surface area contributed by atoms with Crippen LogP contribution >= 0.6 is 11.6 Å². The van der Waals surface area contributed by atoms with Crippen LogP contribution in [-0.4, -0.2) is 20.1 Å². The maximum Gasteiger partial charge on any atom is 0.261 e. The summed E-state index contributed by atoms with van der Waals surface area (Å²) in [5, 5.41) is 0.465. The summed E-state index contributed by atoms with van der Waals surface area (Å²) >= 11 is 5.86. The number of para-hydroxylation sites is 1. The van der Waals surface area contributed by atoms with E-state index in [4.69, 9.17) is 16.3 Å². The maximum absolute atomic E-state index is 13.7. The van der Waals surface area contributed by atoms with Gasteiger partial charge in [0.05, 0.1) is 18.4 Å². The van der Waals surface area contributed by atoms with Crippen molar-refractivity contribution in [1.29, 1.82) is 0 Å². The summed E-state index contributed by atoms with van der Waals surface area (Å²) in [7, 11) is 2.96. The lowest BCUT2D eigenvalue weighted by atomic mass is 10.1. The Bertz CT molecular complexity index is 646. The van der Waals surface area contributed by atoms with Gasteiger partial charge in [0.25, 0.3) is 5.91 Å². The molecule has 2 aromatic carbocycles. The van der Waals surface area contributed by atoms with Gasteiger partial charge >= 0.3 is 0 Å². The van der Waals surface area contributed by atoms with Gasteiger partial charge < -0.3 is 9.64 Å². The Kier molecular flexibility index (Phi) is 4.25. The van der Waals surface area contributed by atoms with Crippen molar-refractivity contribution >= 4 is 23.2 Å². The summed E-state index contributed by atoms with van der Waals surface area (Å²) in [5.41, 5.74) is 0.525. The number of anilines is 1. The molecule has 0 spiro atoms. The zero-order valence-corrected chi connectivity index (χ0v) is 11.8. The predicted octanol–water partition coefficient (Wildman–Crippen LogP) is 3.76. The first kappa shape index (κ1) is 14.3. The fraction of sp³-hybridized carbons (Fsp3) is 0.133. The zero-order chi connectivity index (χ0) is 14.7. The molecule has 1 amide bonds. The second-order valence-electron chi connectivity index (χ2n) is 4.16. The van der Waals surface area contributed by atoms with Crippen LogP contribution in [0.1, 0.15) is 10.4 Å². The Labute approximate surface area is 121 Å². The molecule has 0 fully saturated rings. The molecule has 0 heterocycles. The average molecular weight is 294 g/mol. The van der Waals surface area contributed by atoms with Crippen LogP contribution in [0, 0.1) is 5.82 Å². The maximum atomic E-state index is 13.7. The largest absolute Gasteiger partial charge is 0.496 e. The quantitative estimate of drug-likeness (QED) is 0.862. The molecule has 2 rings (SSSR count). The molecule has 3 nitrogen and oxygen atoms in total. The first-order valence-corrected chi connectivity index (χ1v) is 6.28. The third-order valence-corrected chi connectivity index (χ3v) is 3.15. The highest BCUT2D eigenvalue weighted by atomic mass is 35.5. The smallest absolute Gasteiger partial charge is 0.261 e. The highest BCUT2D eigenvalue weighted by Crippen LogP contribution is 2.26. The number of benzene rings is 2. The highest BCUT2D eigenvalue weighted by Gasteiger charge is 2.20. The molecule has 0 N–H and O–H groups in total. The number of amides is 1. The Hall–Kier alpha value is -2.07. The van der Waals surface area contributed by atoms with Crippen LogP contribution in [0.25, 0.3) is 0 Å². The van der Waals surface area contributed by atoms with Gasteiger partial charge in [-0.1, -0.05) is 23.7 Å². The van der Waals surface area contributed by atoms with E-state index in [0.717, 1.165) is 0 Å². The standard InChI is InChI=1S/C15H13ClFNO2/c1-18(13-6-4-3-5-12(13)17)15(19)11-8-7-10(16)9-14(11)20-2/h3-9H,1-2H3. The van der Waals surface area contributed by atoms with Gasteiger partial charge in [0.2, 0.25) is 0 Å². The van der Waals surface area contributed by atoms with Gasteiger partial charge in [-0.3, -0.25) is 4.79 Å². The van der Waals surface area contributed by atoms with E-state index in [1.807, 2.05) is 0 Å². The van der Waals surface area contributed by atoms with Gasteiger partial charge in [-0.05, 0) is 30.3 Å². The molecular formula is C15H13ClFNO2. The highest BCUT2D eigenvalue weighted by molar-refractivity contribution is 6.31. The van der Waals surface area contributed by atoms with E-state index in [1.54, 1.807) is 30.3 Å². The van der Waals surface area contributed by atoms with E-state index in [9.17, 15) is 9.18 Å². The lowest BCUT2D eigenvalue weighted by Crippen LogP contribution is -2.27. The lowest BCUT2D eigenvalue weighted by Gasteiger charge is -2.19. The van der Waals surface area contributed by atoms with Crippen molar-refractivity contribution < 1.29 is 13.9 Å². The third-order valence-electron chi connectivity index (χ3n) is 2.91. The first-order valence-electron chi connectivity index (χ1n) is 5.90. The van der Waals surface area contributed by atoms with Crippen LogP contribution in [0.2, 0.25) is 5.02 Å². The molecule has 0 atom stereocenters. The average Bonchev–Trinajstić information content (AvgIpc) is 2.46. The number of methoxy groups -OCH3 is 1. The zero-order valence-electron chi connectivity index (χ0n) is 11.1. The Morgan fingerprint density at radius 2 is 1.95 bits per heavy atom. The molecule has 0 aromatic heterocycles. The van der Waals surface area contributed by atoms with Crippen molar-refractivity contribution in [2.75, 3.05) is 19.1 Å². The molecule has 5 heteroatoms. The van der Waals surface area contributed by atoms with Crippen LogP contribution < -0.4 is 9.64 Å². The number of hydrogen-bond acceptors (Lipinski definition) is 2. The molecule has 0 saturated carbocycles. The van der Waals surface area contributed by atoms with Gasteiger partial charge in [-0.15, -0.1) is 0 Å². The minimum Gasteiger partial charge on any atom is -0.496 e. The van der Waals surface area contributed by atoms with Crippen LogP contribution in [0.4, 0.5) is 10.1 Å². The van der Waals surface area contributed by atoms with Crippen molar-refractivity contribution in [3.05, 3.63) is 58.9 Å². The molecule has 20 heavy (non-hydrogen) atoms. The summed E-state index contributed by atoms with van der Waals surface area (Å²) in [4.78, 5) is 13.7. The van der Waals surface area contributed by atoms with Crippen LogP contribution in [0.5, 0.6) is 5.75 Å². The van der Waals surface area contributed by atoms with Gasteiger partial charge in [-0.2, -0.15) is 0 Å². The topological polar surface area (TPSA) is 29.5 Å². The fourth-order valence-corrected chi connectivity index (χ4v) is 2.02. The predicted molar refractivity (Wildman–Crippen MR) is 77.1 cm³/mol. The van der Waals surface area contributed by atoms with Crippen molar-refractivity contribution in [3.63, 3.8) is 0 Å². The summed E-state index contributed by atoms with van der Waals surface area (Å²) < 4.78 is 18.9. The molecule has 0 aliphatic heterocycles. The van der Waals surface area contributed by atoms with Crippen LogP contribution in [-0.2, 0) is 0 Å². The van der Waals surface area contributed by atoms with Gasteiger partial charge in [-0.25, -0.2) is 4.39 Å². The number of hydrogen-bond donors (Lipinski definition) is 0. The molecule has 104 valence electrons. The molecule has 0 unspecified atom stereocenters. The van der Waals surface area contributed by atoms with Crippen LogP contribution in [0.3, 0.4) is 0 Å². The van der Waals surface area contributed by atoms with E-state index in [1.165, 1.54) is 31.2 Å². The van der Waals surface area contributed by atoms with E-state index in [2.05, 4.69) is 0 Å². The molecule has 0 saturated heterocycles. The van der Waals surface area contributed by atoms with Crippen molar-refractivity contribution in [3.8, 4) is 5.75 Å². The van der Waals surface area contributed by atoms with E-state index < -0.39 is 5.82 Å². The minimum absolute atomic E-state index is 0.203. The third kappa shape index (κ3) is 2.75. The number of carbonyl (C=O) groups excluding carboxylic acids is 1. The number of rotatable bonds is 3. The first-order chi connectivity index (χ1) is 9.54. The monoisotopic (exact) mass is 293 g/mol. The minimum atomic E-state index is -0.462. The van der Waals surface area contributed by atoms with Gasteiger partial charge in [0, 0.05) is 12.1 Å². The summed E-state index contributed by atoms with van der Waals surface area (Å²) in [6, 6.07) is 10.8. The van der Waals surface area contributed by atoms with Crippen molar-refractivity contribution in [2.24, 2.45) is 0 Å². The molecule has 0 bridgehead atoms.